The monoisotopic (exact) mass is 282 g/mol. The van der Waals surface area contributed by atoms with Gasteiger partial charge in [0, 0.05) is 6.08 Å². The van der Waals surface area contributed by atoms with E-state index < -0.39 is 28.7 Å². The van der Waals surface area contributed by atoms with E-state index in [9.17, 15) is 13.2 Å². The first kappa shape index (κ1) is 17.0. The normalized spacial score (nSPS) is 15.8. The number of hydrogen-bond acceptors (Lipinski definition) is 5. The lowest BCUT2D eigenvalue weighted by molar-refractivity contribution is -0.916. The van der Waals surface area contributed by atoms with Gasteiger partial charge in [0.1, 0.15) is 6.10 Å². The van der Waals surface area contributed by atoms with Gasteiger partial charge in [0.2, 0.25) is 6.23 Å². The third kappa shape index (κ3) is 7.38. The number of rotatable bonds is 7. The van der Waals surface area contributed by atoms with E-state index in [0.717, 1.165) is 6.08 Å². The van der Waals surface area contributed by atoms with Crippen LogP contribution in [0.1, 0.15) is 13.3 Å². The van der Waals surface area contributed by atoms with Crippen LogP contribution in [0.3, 0.4) is 0 Å². The molecule has 0 aromatic rings. The lowest BCUT2D eigenvalue weighted by Gasteiger charge is -2.33. The molecule has 0 fully saturated rings. The highest BCUT2D eigenvalue weighted by Crippen LogP contribution is 2.16. The summed E-state index contributed by atoms with van der Waals surface area (Å²) >= 11 is 0. The zero-order chi connectivity index (χ0) is 14.6. The summed E-state index contributed by atoms with van der Waals surface area (Å²) in [6, 6.07) is 0. The van der Waals surface area contributed by atoms with Crippen molar-refractivity contribution in [2.45, 2.75) is 25.7 Å². The van der Waals surface area contributed by atoms with E-state index in [0.29, 0.717) is 0 Å². The molecule has 0 aromatic carbocycles. The molecule has 0 spiro atoms. The van der Waals surface area contributed by atoms with Gasteiger partial charge in [0.05, 0.1) is 27.6 Å². The Bertz CT molecular complexity index is 397. The fourth-order valence-electron chi connectivity index (χ4n) is 1.20. The summed E-state index contributed by atoms with van der Waals surface area (Å²) in [5.41, 5.74) is 0. The van der Waals surface area contributed by atoms with Crippen molar-refractivity contribution in [2.24, 2.45) is 0 Å². The van der Waals surface area contributed by atoms with Crippen LogP contribution in [0.25, 0.3) is 0 Å². The first-order valence-electron chi connectivity index (χ1n) is 5.25. The second-order valence-corrected chi connectivity index (χ2v) is 5.83. The predicted molar refractivity (Wildman–Crippen MR) is 64.8 cm³/mol. The lowest BCUT2D eigenvalue weighted by atomic mass is 10.2. The molecule has 0 saturated carbocycles. The fraction of sp³-hybridized carbons (Fsp3) is 0.700. The molecule has 106 valence electrons. The Kier molecular flexibility index (Phi) is 5.94. The van der Waals surface area contributed by atoms with Crippen molar-refractivity contribution in [3.05, 3.63) is 12.7 Å². The summed E-state index contributed by atoms with van der Waals surface area (Å²) in [5, 5.41) is 0. The molecular weight excluding hydrogens is 262 g/mol. The smallest absolute Gasteiger partial charge is 0.402 e. The van der Waals surface area contributed by atoms with Gasteiger partial charge in [-0.15, -0.1) is 0 Å². The zero-order valence-electron chi connectivity index (χ0n) is 11.0. The molecule has 18 heavy (non-hydrogen) atoms. The van der Waals surface area contributed by atoms with Gasteiger partial charge in [-0.25, -0.2) is 4.79 Å². The average molecular weight is 282 g/mol. The third-order valence-electron chi connectivity index (χ3n) is 2.11. The molecule has 0 amide bonds. The van der Waals surface area contributed by atoms with Gasteiger partial charge < -0.3 is 9.22 Å². The minimum atomic E-state index is -4.56. The Labute approximate surface area is 108 Å². The lowest BCUT2D eigenvalue weighted by Crippen LogP contribution is -2.49. The predicted octanol–water partition coefficient (Wildman–Crippen LogP) is 0.346. The molecule has 2 unspecified atom stereocenters. The van der Waals surface area contributed by atoms with Gasteiger partial charge in [-0.3, -0.25) is 4.55 Å². The van der Waals surface area contributed by atoms with E-state index in [-0.39, 0.29) is 10.9 Å². The fourth-order valence-corrected chi connectivity index (χ4v) is 1.82. The van der Waals surface area contributed by atoms with Crippen LogP contribution in [0.15, 0.2) is 12.7 Å². The van der Waals surface area contributed by atoms with Crippen LogP contribution in [0.5, 0.6) is 0 Å². The van der Waals surface area contributed by atoms with E-state index in [1.54, 1.807) is 28.1 Å². The zero-order valence-corrected chi connectivity index (χ0v) is 11.8. The van der Waals surface area contributed by atoms with Crippen LogP contribution in [0.2, 0.25) is 0 Å². The molecule has 0 radical (unpaired) electrons. The Morgan fingerprint density at radius 3 is 2.28 bits per heavy atom. The molecule has 0 bridgehead atoms. The van der Waals surface area contributed by atoms with E-state index in [1.807, 2.05) is 0 Å². The second kappa shape index (κ2) is 6.28. The van der Waals surface area contributed by atoms with E-state index in [2.05, 4.69) is 10.8 Å². The van der Waals surface area contributed by atoms with E-state index in [1.165, 1.54) is 0 Å². The molecule has 0 heterocycles. The standard InChI is InChI=1S/C10H19NO6S/c1-6-10(12)16-8(2)7-9(11(3,4)5)17-18(13,14)15/h6,8-9H,1,7H2,2-5H3/p+1. The molecule has 0 aromatic heterocycles. The van der Waals surface area contributed by atoms with E-state index in [4.69, 9.17) is 9.29 Å². The van der Waals surface area contributed by atoms with Crippen molar-refractivity contribution in [3.63, 3.8) is 0 Å². The number of esters is 1. The Balaban J connectivity index is 4.71. The number of quaternary nitrogens is 1. The maximum absolute atomic E-state index is 11.0. The maximum Gasteiger partial charge on any atom is 0.402 e. The topological polar surface area (TPSA) is 89.9 Å². The summed E-state index contributed by atoms with van der Waals surface area (Å²) in [6.45, 7) is 4.85. The average Bonchev–Trinajstić information content (AvgIpc) is 2.12. The quantitative estimate of drug-likeness (QED) is 0.238. The number of hydrogen-bond donors (Lipinski definition) is 1. The second-order valence-electron chi connectivity index (χ2n) is 4.78. The highest BCUT2D eigenvalue weighted by atomic mass is 32.3. The molecule has 0 aliphatic rings. The molecule has 2 atom stereocenters. The Morgan fingerprint density at radius 1 is 1.44 bits per heavy atom. The third-order valence-corrected chi connectivity index (χ3v) is 2.58. The van der Waals surface area contributed by atoms with Crippen molar-refractivity contribution >= 4 is 16.4 Å². The van der Waals surface area contributed by atoms with Crippen molar-refractivity contribution in [3.8, 4) is 0 Å². The van der Waals surface area contributed by atoms with E-state index >= 15 is 0 Å². The van der Waals surface area contributed by atoms with Crippen molar-refractivity contribution in [1.82, 2.24) is 0 Å². The van der Waals surface area contributed by atoms with Gasteiger partial charge in [0.25, 0.3) is 0 Å². The number of carbonyl (C=O) groups is 1. The summed E-state index contributed by atoms with van der Waals surface area (Å²) in [4.78, 5) is 11.0. The maximum atomic E-state index is 11.0. The molecule has 7 nitrogen and oxygen atoms in total. The van der Waals surface area contributed by atoms with Crippen molar-refractivity contribution in [1.29, 1.82) is 0 Å². The molecule has 0 saturated heterocycles. The molecule has 0 aliphatic carbocycles. The molecule has 0 aliphatic heterocycles. The molecular formula is C10H20NO6S+. The molecule has 8 heteroatoms. The molecule has 1 N–H and O–H groups in total. The van der Waals surface area contributed by atoms with Crippen LogP contribution in [0, 0.1) is 0 Å². The Morgan fingerprint density at radius 2 is 1.94 bits per heavy atom. The minimum Gasteiger partial charge on any atom is -0.459 e. The minimum absolute atomic E-state index is 0.114. The largest absolute Gasteiger partial charge is 0.459 e. The van der Waals surface area contributed by atoms with Gasteiger partial charge in [-0.05, 0) is 6.92 Å². The first-order valence-corrected chi connectivity index (χ1v) is 6.62. The highest BCUT2D eigenvalue weighted by molar-refractivity contribution is 7.80. The summed E-state index contributed by atoms with van der Waals surface area (Å²) in [7, 11) is 0.515. The van der Waals surface area contributed by atoms with Gasteiger partial charge >= 0.3 is 16.4 Å². The van der Waals surface area contributed by atoms with Crippen molar-refractivity contribution in [2.75, 3.05) is 21.1 Å². The highest BCUT2D eigenvalue weighted by Gasteiger charge is 2.32. The number of carbonyl (C=O) groups excluding carboxylic acids is 1. The number of ether oxygens (including phenoxy) is 1. The molecule has 0 rings (SSSR count). The van der Waals surface area contributed by atoms with Crippen LogP contribution >= 0.6 is 0 Å². The van der Waals surface area contributed by atoms with Gasteiger partial charge in [-0.1, -0.05) is 6.58 Å². The van der Waals surface area contributed by atoms with Crippen LogP contribution in [-0.4, -0.2) is 56.9 Å². The van der Waals surface area contributed by atoms with Crippen LogP contribution in [-0.2, 0) is 24.1 Å². The van der Waals surface area contributed by atoms with Gasteiger partial charge in [-0.2, -0.15) is 12.6 Å². The number of nitrogens with zero attached hydrogens (tertiary/aromatic N) is 1. The summed E-state index contributed by atoms with van der Waals surface area (Å²) in [5.74, 6) is -0.602. The Hall–Kier alpha value is -0.960. The van der Waals surface area contributed by atoms with Gasteiger partial charge in [0.15, 0.2) is 0 Å². The van der Waals surface area contributed by atoms with Crippen LogP contribution in [0.4, 0.5) is 0 Å². The first-order chi connectivity index (χ1) is 7.95. The summed E-state index contributed by atoms with van der Waals surface area (Å²) < 4.78 is 39.8. The van der Waals surface area contributed by atoms with Crippen molar-refractivity contribution < 1.29 is 31.2 Å². The SMILES string of the molecule is C=CC(=O)OC(C)CC(OS(=O)(=O)O)[N+](C)(C)C. The van der Waals surface area contributed by atoms with Crippen LogP contribution < -0.4 is 0 Å². The summed E-state index contributed by atoms with van der Waals surface area (Å²) in [6.07, 6.45) is -0.309.